The van der Waals surface area contributed by atoms with Crippen molar-refractivity contribution in [3.63, 3.8) is 0 Å². The molecule has 1 unspecified atom stereocenters. The van der Waals surface area contributed by atoms with Gasteiger partial charge in [0.2, 0.25) is 0 Å². The summed E-state index contributed by atoms with van der Waals surface area (Å²) in [5, 5.41) is 11.3. The number of aliphatic hydroxyl groups excluding tert-OH is 1. The molecule has 168 valence electrons. The van der Waals surface area contributed by atoms with Crippen LogP contribution in [0.4, 0.5) is 5.69 Å². The summed E-state index contributed by atoms with van der Waals surface area (Å²) in [6.07, 6.45) is 3.17. The molecule has 3 aromatic rings. The minimum Gasteiger partial charge on any atom is -0.507 e. The second kappa shape index (κ2) is 8.50. The number of aliphatic hydroxyl groups is 1. The molecular formula is C26H23NO6. The fourth-order valence-electron chi connectivity index (χ4n) is 4.37. The number of carbonyl (C=O) groups excluding carboxylic acids is 2. The first-order chi connectivity index (χ1) is 16.1. The van der Waals surface area contributed by atoms with E-state index in [2.05, 4.69) is 0 Å². The van der Waals surface area contributed by atoms with Crippen molar-refractivity contribution in [3.8, 4) is 11.5 Å². The van der Waals surface area contributed by atoms with Gasteiger partial charge in [-0.15, -0.1) is 0 Å². The number of amides is 1. The molecule has 2 aliphatic heterocycles. The third-order valence-electron chi connectivity index (χ3n) is 5.85. The molecule has 1 aromatic heterocycles. The van der Waals surface area contributed by atoms with E-state index in [9.17, 15) is 14.7 Å². The second-order valence-electron chi connectivity index (χ2n) is 7.89. The number of aryl methyl sites for hydroxylation is 1. The van der Waals surface area contributed by atoms with Crippen LogP contribution < -0.4 is 14.4 Å². The minimum absolute atomic E-state index is 0.0200. The lowest BCUT2D eigenvalue weighted by Gasteiger charge is -2.24. The average molecular weight is 445 g/mol. The van der Waals surface area contributed by atoms with Crippen molar-refractivity contribution < 1.29 is 28.6 Å². The number of ketones is 1. The van der Waals surface area contributed by atoms with E-state index in [1.807, 2.05) is 13.0 Å². The van der Waals surface area contributed by atoms with Gasteiger partial charge in [-0.05, 0) is 67.8 Å². The number of fused-ring (bicyclic) bond motifs is 1. The van der Waals surface area contributed by atoms with E-state index in [1.54, 1.807) is 48.5 Å². The van der Waals surface area contributed by atoms with Crippen LogP contribution in [-0.2, 0) is 16.0 Å². The van der Waals surface area contributed by atoms with E-state index in [-0.39, 0.29) is 11.3 Å². The Hall–Kier alpha value is -4.00. The third-order valence-corrected chi connectivity index (χ3v) is 5.85. The Labute approximate surface area is 190 Å². The predicted octanol–water partition coefficient (Wildman–Crippen LogP) is 4.63. The van der Waals surface area contributed by atoms with Gasteiger partial charge in [-0.25, -0.2) is 0 Å². The number of carbonyl (C=O) groups is 2. The highest BCUT2D eigenvalue weighted by Crippen LogP contribution is 2.43. The molecular weight excluding hydrogens is 422 g/mol. The largest absolute Gasteiger partial charge is 0.507 e. The normalized spacial score (nSPS) is 19.3. The van der Waals surface area contributed by atoms with Crippen LogP contribution in [0.15, 0.2) is 70.9 Å². The van der Waals surface area contributed by atoms with Gasteiger partial charge in [0.1, 0.15) is 29.1 Å². The van der Waals surface area contributed by atoms with Gasteiger partial charge in [-0.1, -0.05) is 6.07 Å². The fraction of sp³-hybridized carbons (Fsp3) is 0.231. The highest BCUT2D eigenvalue weighted by Gasteiger charge is 2.48. The van der Waals surface area contributed by atoms with Crippen molar-refractivity contribution in [1.82, 2.24) is 0 Å². The minimum atomic E-state index is -0.913. The van der Waals surface area contributed by atoms with Crippen LogP contribution in [0.1, 0.15) is 36.3 Å². The number of nitrogens with zero attached hydrogens (tertiary/aromatic N) is 1. The van der Waals surface area contributed by atoms with E-state index in [0.29, 0.717) is 36.0 Å². The quantitative estimate of drug-likeness (QED) is 0.350. The molecule has 7 heteroatoms. The molecule has 2 aromatic carbocycles. The monoisotopic (exact) mass is 445 g/mol. The van der Waals surface area contributed by atoms with Gasteiger partial charge in [0.25, 0.3) is 11.7 Å². The molecule has 2 aliphatic rings. The lowest BCUT2D eigenvalue weighted by Crippen LogP contribution is -2.29. The lowest BCUT2D eigenvalue weighted by molar-refractivity contribution is -0.132. The molecule has 1 amide bonds. The van der Waals surface area contributed by atoms with Crippen LogP contribution in [0.5, 0.6) is 11.5 Å². The number of hydrogen-bond acceptors (Lipinski definition) is 6. The summed E-state index contributed by atoms with van der Waals surface area (Å²) in [7, 11) is 0. The van der Waals surface area contributed by atoms with Gasteiger partial charge in [0.05, 0.1) is 25.1 Å². The number of benzene rings is 2. The van der Waals surface area contributed by atoms with E-state index in [4.69, 9.17) is 13.9 Å². The summed E-state index contributed by atoms with van der Waals surface area (Å²) < 4.78 is 16.8. The number of hydrogen-bond donors (Lipinski definition) is 1. The zero-order valence-electron chi connectivity index (χ0n) is 18.1. The molecule has 1 saturated heterocycles. The fourth-order valence-corrected chi connectivity index (χ4v) is 4.37. The summed E-state index contributed by atoms with van der Waals surface area (Å²) in [5.74, 6) is -0.0404. The summed E-state index contributed by atoms with van der Waals surface area (Å²) in [6.45, 7) is 2.99. The zero-order valence-corrected chi connectivity index (χ0v) is 18.1. The Bertz CT molecular complexity index is 1240. The number of furan rings is 1. The summed E-state index contributed by atoms with van der Waals surface area (Å²) in [5.41, 5.74) is 1.87. The molecule has 33 heavy (non-hydrogen) atoms. The molecule has 1 atom stereocenters. The Morgan fingerprint density at radius 3 is 2.82 bits per heavy atom. The Morgan fingerprint density at radius 2 is 2.03 bits per heavy atom. The average Bonchev–Trinajstić information content (AvgIpc) is 3.46. The van der Waals surface area contributed by atoms with Crippen LogP contribution >= 0.6 is 0 Å². The SMILES string of the molecule is CCOc1cccc(N2C(=O)C(=O)/C(=C(\O)c3ccc4c(c3)CCCO4)C2c2ccco2)c1. The zero-order chi connectivity index (χ0) is 22.9. The van der Waals surface area contributed by atoms with Crippen LogP contribution in [0.25, 0.3) is 5.76 Å². The summed E-state index contributed by atoms with van der Waals surface area (Å²) >= 11 is 0. The predicted molar refractivity (Wildman–Crippen MR) is 121 cm³/mol. The van der Waals surface area contributed by atoms with Crippen LogP contribution in [-0.4, -0.2) is 30.0 Å². The topological polar surface area (TPSA) is 89.2 Å². The third kappa shape index (κ3) is 3.65. The van der Waals surface area contributed by atoms with E-state index >= 15 is 0 Å². The Kier molecular flexibility index (Phi) is 5.38. The van der Waals surface area contributed by atoms with Gasteiger partial charge in [0.15, 0.2) is 0 Å². The molecule has 0 aliphatic carbocycles. The molecule has 0 bridgehead atoms. The van der Waals surface area contributed by atoms with Crippen molar-refractivity contribution in [3.05, 3.63) is 83.3 Å². The lowest BCUT2D eigenvalue weighted by atomic mass is 9.96. The molecule has 7 nitrogen and oxygen atoms in total. The van der Waals surface area contributed by atoms with Gasteiger partial charge < -0.3 is 19.0 Å². The first-order valence-corrected chi connectivity index (χ1v) is 10.9. The smallest absolute Gasteiger partial charge is 0.300 e. The van der Waals surface area contributed by atoms with Crippen LogP contribution in [0, 0.1) is 0 Å². The maximum absolute atomic E-state index is 13.2. The maximum Gasteiger partial charge on any atom is 0.300 e. The van der Waals surface area contributed by atoms with Gasteiger partial charge in [-0.2, -0.15) is 0 Å². The maximum atomic E-state index is 13.2. The molecule has 0 radical (unpaired) electrons. The second-order valence-corrected chi connectivity index (χ2v) is 7.89. The molecule has 1 fully saturated rings. The Balaban J connectivity index is 1.65. The standard InChI is InChI=1S/C26H23NO6/c1-2-31-19-8-3-7-18(15-19)27-23(21-9-5-13-33-21)22(25(29)26(27)30)24(28)17-10-11-20-16(14-17)6-4-12-32-20/h3,5,7-11,13-15,23,28H,2,4,6,12H2,1H3/b24-22-. The number of anilines is 1. The van der Waals surface area contributed by atoms with Crippen molar-refractivity contribution in [2.45, 2.75) is 25.8 Å². The van der Waals surface area contributed by atoms with Gasteiger partial charge >= 0.3 is 0 Å². The number of rotatable bonds is 5. The van der Waals surface area contributed by atoms with Gasteiger partial charge in [-0.3, -0.25) is 14.5 Å². The van der Waals surface area contributed by atoms with Crippen LogP contribution in [0.2, 0.25) is 0 Å². The first-order valence-electron chi connectivity index (χ1n) is 10.9. The van der Waals surface area contributed by atoms with Crippen molar-refractivity contribution in [2.75, 3.05) is 18.1 Å². The summed E-state index contributed by atoms with van der Waals surface area (Å²) in [4.78, 5) is 27.7. The molecule has 1 N–H and O–H groups in total. The van der Waals surface area contributed by atoms with Crippen molar-refractivity contribution >= 4 is 23.1 Å². The van der Waals surface area contributed by atoms with E-state index in [0.717, 1.165) is 24.2 Å². The van der Waals surface area contributed by atoms with Crippen molar-refractivity contribution in [2.24, 2.45) is 0 Å². The molecule has 5 rings (SSSR count). The van der Waals surface area contributed by atoms with E-state index < -0.39 is 17.7 Å². The summed E-state index contributed by atoms with van der Waals surface area (Å²) in [6, 6.07) is 14.7. The molecule has 0 spiro atoms. The highest BCUT2D eigenvalue weighted by atomic mass is 16.5. The van der Waals surface area contributed by atoms with Crippen molar-refractivity contribution in [1.29, 1.82) is 0 Å². The molecule has 0 saturated carbocycles. The Morgan fingerprint density at radius 1 is 1.15 bits per heavy atom. The molecule has 3 heterocycles. The first kappa shape index (κ1) is 20.9. The highest BCUT2D eigenvalue weighted by molar-refractivity contribution is 6.51. The van der Waals surface area contributed by atoms with Gasteiger partial charge in [0, 0.05) is 17.3 Å². The number of ether oxygens (including phenoxy) is 2. The van der Waals surface area contributed by atoms with E-state index in [1.165, 1.54) is 11.2 Å². The number of Topliss-reactive ketones (excluding diaryl/α,β-unsaturated/α-hetero) is 1. The van der Waals surface area contributed by atoms with Crippen LogP contribution in [0.3, 0.4) is 0 Å².